The van der Waals surface area contributed by atoms with Crippen LogP contribution in [0.4, 0.5) is 0 Å². The van der Waals surface area contributed by atoms with E-state index in [2.05, 4.69) is 25.3 Å². The molecule has 0 bridgehead atoms. The maximum atomic E-state index is 2.47. The predicted octanol–water partition coefficient (Wildman–Crippen LogP) is 0.391. The van der Waals surface area contributed by atoms with Crippen molar-refractivity contribution in [3.63, 3.8) is 0 Å². The van der Waals surface area contributed by atoms with Crippen LogP contribution in [0, 0.1) is 5.67 Å². The molecule has 0 amide bonds. The molecule has 0 aliphatic carbocycles. The lowest BCUT2D eigenvalue weighted by atomic mass is 11.8. The van der Waals surface area contributed by atoms with E-state index in [0.29, 0.717) is 0 Å². The number of hydrogen-bond donors (Lipinski definition) is 0. The fourth-order valence-corrected chi connectivity index (χ4v) is 0. The van der Waals surface area contributed by atoms with Crippen LogP contribution in [0.5, 0.6) is 0 Å². The second-order valence-electron chi connectivity index (χ2n) is 2.65. The molecule has 0 N–H and O–H groups in total. The van der Waals surface area contributed by atoms with E-state index in [1.165, 1.54) is 10.2 Å². The molecule has 0 aliphatic rings. The molecule has 0 aromatic carbocycles. The summed E-state index contributed by atoms with van der Waals surface area (Å²) in [5.41, 5.74) is 2.47. The minimum Gasteiger partial charge on any atom is -0.0696 e. The van der Waals surface area contributed by atoms with Crippen LogP contribution in [0.2, 0.25) is 19.6 Å². The van der Waals surface area contributed by atoms with E-state index in [1.807, 2.05) is 0 Å². The van der Waals surface area contributed by atoms with Crippen LogP contribution >= 0.6 is 0 Å². The Balaban J connectivity index is 3.17. The van der Waals surface area contributed by atoms with Crippen molar-refractivity contribution in [1.82, 2.24) is 0 Å². The first-order valence-corrected chi connectivity index (χ1v) is 7.10. The quantitative estimate of drug-likeness (QED) is 0.436. The van der Waals surface area contributed by atoms with E-state index >= 15 is 0 Å². The first-order chi connectivity index (χ1) is 2.56. The lowest BCUT2D eigenvalue weighted by molar-refractivity contribution is 1.76. The summed E-state index contributed by atoms with van der Waals surface area (Å²) in [6.45, 7) is 7.08. The second-order valence-corrected chi connectivity index (χ2v) is 9.70. The summed E-state index contributed by atoms with van der Waals surface area (Å²) in [6, 6.07) is 0. The largest absolute Gasteiger partial charge is 0.0696 e. The molecule has 1 radical (unpaired) electrons. The van der Waals surface area contributed by atoms with Gasteiger partial charge in [0.25, 0.3) is 0 Å². The van der Waals surface area contributed by atoms with Gasteiger partial charge in [-0.1, -0.05) is 25.3 Å². The lowest BCUT2D eigenvalue weighted by Crippen LogP contribution is -2.20. The van der Waals surface area contributed by atoms with Gasteiger partial charge in [-0.05, 0) is 0 Å². The van der Waals surface area contributed by atoms with Crippen molar-refractivity contribution in [2.75, 3.05) is 0 Å². The molecule has 37 valence electrons. The molecule has 0 heterocycles. The van der Waals surface area contributed by atoms with Gasteiger partial charge in [-0.15, -0.1) is 0 Å². The molecular weight excluding hydrogens is 104 g/mol. The predicted molar refractivity (Wildman–Crippen MR) is 37.6 cm³/mol. The van der Waals surface area contributed by atoms with E-state index in [4.69, 9.17) is 0 Å². The fraction of sp³-hybridized carbons (Fsp3) is 0.750. The highest BCUT2D eigenvalue weighted by Gasteiger charge is 2.06. The molecule has 0 atom stereocenters. The summed E-state index contributed by atoms with van der Waals surface area (Å²) in [5, 5.41) is 0. The summed E-state index contributed by atoms with van der Waals surface area (Å²) in [7, 11) is 0.590. The topological polar surface area (TPSA) is 0 Å². The van der Waals surface area contributed by atoms with Crippen LogP contribution in [0.25, 0.3) is 0 Å². The van der Waals surface area contributed by atoms with E-state index in [0.717, 1.165) is 0 Å². The van der Waals surface area contributed by atoms with Crippen LogP contribution < -0.4 is 0 Å². The maximum absolute atomic E-state index is 2.47. The molecule has 0 aromatic rings. The Bertz CT molecular complexity index is 35.3. The van der Waals surface area contributed by atoms with Gasteiger partial charge in [0, 0.05) is 18.3 Å². The molecule has 0 fully saturated rings. The summed E-state index contributed by atoms with van der Waals surface area (Å²) in [5.74, 6) is 0. The zero-order valence-corrected chi connectivity index (χ0v) is 8.08. The van der Waals surface area contributed by atoms with Gasteiger partial charge in [0.2, 0.25) is 0 Å². The molecule has 0 aliphatic heterocycles. The summed E-state index contributed by atoms with van der Waals surface area (Å²) in [6.07, 6.45) is 0. The van der Waals surface area contributed by atoms with E-state index in [9.17, 15) is 0 Å². The highest BCUT2D eigenvalue weighted by atomic mass is 28.4. The molecule has 0 nitrogen and oxygen atoms in total. The van der Waals surface area contributed by atoms with Crippen LogP contribution in [0.3, 0.4) is 0 Å². The zero-order valence-electron chi connectivity index (χ0n) is 5.08. The van der Waals surface area contributed by atoms with Gasteiger partial charge in [-0.2, -0.15) is 0 Å². The Morgan fingerprint density at radius 1 is 1.33 bits per heavy atom. The Hall–Kier alpha value is 0.434. The van der Waals surface area contributed by atoms with E-state index in [-0.39, 0.29) is 0 Å². The van der Waals surface area contributed by atoms with Crippen LogP contribution in [-0.2, 0) is 0 Å². The lowest BCUT2D eigenvalue weighted by Gasteiger charge is -2.09. The number of hydrogen-bond acceptors (Lipinski definition) is 0. The highest BCUT2D eigenvalue weighted by molar-refractivity contribution is 6.85. The number of rotatable bonds is 1. The Morgan fingerprint density at radius 2 is 1.50 bits per heavy atom. The minimum atomic E-state index is -0.694. The van der Waals surface area contributed by atoms with Crippen molar-refractivity contribution in [1.29, 1.82) is 0 Å². The average molecular weight is 117 g/mol. The van der Waals surface area contributed by atoms with Crippen molar-refractivity contribution in [2.24, 2.45) is 0 Å². The third kappa shape index (κ3) is 4.43. The third-order valence-corrected chi connectivity index (χ3v) is 7.79. The Kier molecular flexibility index (Phi) is 2.07. The molecule has 0 aromatic heterocycles. The van der Waals surface area contributed by atoms with Gasteiger partial charge in [0.15, 0.2) is 0 Å². The Morgan fingerprint density at radius 3 is 1.50 bits per heavy atom. The van der Waals surface area contributed by atoms with Crippen molar-refractivity contribution >= 4 is 18.3 Å². The van der Waals surface area contributed by atoms with Gasteiger partial charge in [-0.3, -0.25) is 0 Å². The van der Waals surface area contributed by atoms with E-state index in [1.54, 1.807) is 0 Å². The second kappa shape index (κ2) is 1.93. The first-order valence-electron chi connectivity index (χ1n) is 2.37. The minimum absolute atomic E-state index is 0.694. The van der Waals surface area contributed by atoms with Gasteiger partial charge in [0.1, 0.15) is 0 Å². The molecule has 0 unspecified atom stereocenters. The zero-order chi connectivity index (χ0) is 5.21. The monoisotopic (exact) mass is 117 g/mol. The van der Waals surface area contributed by atoms with Gasteiger partial charge in [0.05, 0.1) is 0 Å². The van der Waals surface area contributed by atoms with E-state index < -0.39 is 8.07 Å². The SMILES string of the molecule is C[Si](C)(C)[CH][SiH3]. The summed E-state index contributed by atoms with van der Waals surface area (Å²) >= 11 is 0. The molecule has 0 saturated heterocycles. The van der Waals surface area contributed by atoms with Crippen molar-refractivity contribution in [3.8, 4) is 0 Å². The maximum Gasteiger partial charge on any atom is 0.0436 e. The van der Waals surface area contributed by atoms with Crippen molar-refractivity contribution in [3.05, 3.63) is 5.67 Å². The molecule has 2 heteroatoms. The van der Waals surface area contributed by atoms with Gasteiger partial charge >= 0.3 is 0 Å². The average Bonchev–Trinajstić information content (AvgIpc) is 1.35. The van der Waals surface area contributed by atoms with Crippen LogP contribution in [-0.4, -0.2) is 18.3 Å². The molecule has 0 spiro atoms. The van der Waals surface area contributed by atoms with Crippen molar-refractivity contribution in [2.45, 2.75) is 19.6 Å². The summed E-state index contributed by atoms with van der Waals surface area (Å²) < 4.78 is 0. The Labute approximate surface area is 44.4 Å². The molecule has 0 saturated carbocycles. The smallest absolute Gasteiger partial charge is 0.0436 e. The molecule has 0 rings (SSSR count). The van der Waals surface area contributed by atoms with Crippen LogP contribution in [0.1, 0.15) is 0 Å². The normalized spacial score (nSPS) is 12.5. The van der Waals surface area contributed by atoms with Crippen LogP contribution in [0.15, 0.2) is 0 Å². The van der Waals surface area contributed by atoms with Gasteiger partial charge in [-0.25, -0.2) is 0 Å². The standard InChI is InChI=1S/C4H13Si2/c1-6(2,3)4-5/h4H,1-3,5H3. The molecular formula is C4H13Si2. The van der Waals surface area contributed by atoms with Gasteiger partial charge < -0.3 is 0 Å². The molecule has 6 heavy (non-hydrogen) atoms. The highest BCUT2D eigenvalue weighted by Crippen LogP contribution is 1.99. The fourth-order valence-electron chi connectivity index (χ4n) is 0. The third-order valence-electron chi connectivity index (χ3n) is 0.866. The van der Waals surface area contributed by atoms with Crippen molar-refractivity contribution < 1.29 is 0 Å². The first kappa shape index (κ1) is 6.43. The summed E-state index contributed by atoms with van der Waals surface area (Å²) in [4.78, 5) is 0.